The molecule has 1 atom stereocenters. The SMILES string of the molecule is CC(C)(O)c1cc(C(CNC=O)C2CC2)nc(-c2cc(Cl)c(F)cc2F)c1F. The molecule has 1 aliphatic carbocycles. The van der Waals surface area contributed by atoms with Crippen LogP contribution in [0.15, 0.2) is 18.2 Å². The summed E-state index contributed by atoms with van der Waals surface area (Å²) in [4.78, 5) is 15.0. The Morgan fingerprint density at radius 1 is 1.29 bits per heavy atom. The molecule has 150 valence electrons. The smallest absolute Gasteiger partial charge is 0.207 e. The normalized spacial score (nSPS) is 15.4. The van der Waals surface area contributed by atoms with E-state index in [1.165, 1.54) is 19.9 Å². The first-order valence-electron chi connectivity index (χ1n) is 8.88. The van der Waals surface area contributed by atoms with Gasteiger partial charge in [0, 0.05) is 35.3 Å². The largest absolute Gasteiger partial charge is 0.386 e. The lowest BCUT2D eigenvalue weighted by molar-refractivity contribution is -0.109. The topological polar surface area (TPSA) is 62.2 Å². The number of nitrogens with one attached hydrogen (secondary N) is 1. The molecule has 1 heterocycles. The highest BCUT2D eigenvalue weighted by molar-refractivity contribution is 6.31. The highest BCUT2D eigenvalue weighted by Crippen LogP contribution is 2.43. The van der Waals surface area contributed by atoms with Crippen LogP contribution in [0, 0.1) is 23.4 Å². The maximum absolute atomic E-state index is 15.2. The van der Waals surface area contributed by atoms with Gasteiger partial charge in [0.05, 0.1) is 10.6 Å². The van der Waals surface area contributed by atoms with Crippen molar-refractivity contribution in [2.45, 2.75) is 38.2 Å². The molecule has 4 nitrogen and oxygen atoms in total. The van der Waals surface area contributed by atoms with Crippen LogP contribution >= 0.6 is 11.6 Å². The number of carbonyl (C=O) groups excluding carboxylic acids is 1. The molecule has 1 amide bonds. The number of amides is 1. The van der Waals surface area contributed by atoms with Crippen molar-refractivity contribution in [1.29, 1.82) is 0 Å². The first kappa shape index (κ1) is 20.6. The van der Waals surface area contributed by atoms with Gasteiger partial charge in [0.2, 0.25) is 6.41 Å². The zero-order valence-corrected chi connectivity index (χ0v) is 16.2. The molecule has 1 aromatic heterocycles. The summed E-state index contributed by atoms with van der Waals surface area (Å²) in [6, 6.07) is 2.99. The number of aliphatic hydroxyl groups is 1. The van der Waals surface area contributed by atoms with Gasteiger partial charge in [0.25, 0.3) is 0 Å². The summed E-state index contributed by atoms with van der Waals surface area (Å²) < 4.78 is 43.1. The third-order valence-corrected chi connectivity index (χ3v) is 5.18. The third-order valence-electron chi connectivity index (χ3n) is 4.89. The number of pyridine rings is 1. The Morgan fingerprint density at radius 2 is 1.96 bits per heavy atom. The van der Waals surface area contributed by atoms with E-state index in [1.807, 2.05) is 0 Å². The number of benzene rings is 1. The molecule has 0 aliphatic heterocycles. The van der Waals surface area contributed by atoms with Crippen molar-refractivity contribution in [2.24, 2.45) is 5.92 Å². The maximum Gasteiger partial charge on any atom is 0.207 e. The van der Waals surface area contributed by atoms with Crippen LogP contribution in [0.25, 0.3) is 11.3 Å². The lowest BCUT2D eigenvalue weighted by atomic mass is 9.90. The molecule has 0 saturated heterocycles. The maximum atomic E-state index is 15.2. The lowest BCUT2D eigenvalue weighted by Gasteiger charge is -2.24. The molecule has 1 unspecified atom stereocenters. The summed E-state index contributed by atoms with van der Waals surface area (Å²) in [6.07, 6.45) is 2.42. The van der Waals surface area contributed by atoms with Gasteiger partial charge >= 0.3 is 0 Å². The van der Waals surface area contributed by atoms with Gasteiger partial charge in [0.15, 0.2) is 5.82 Å². The van der Waals surface area contributed by atoms with Crippen molar-refractivity contribution in [3.05, 3.63) is 51.9 Å². The molecular formula is C20H20ClF3N2O2. The zero-order valence-electron chi connectivity index (χ0n) is 15.4. The summed E-state index contributed by atoms with van der Waals surface area (Å²) in [5.74, 6) is -2.86. The number of hydrogen-bond acceptors (Lipinski definition) is 3. The zero-order chi connectivity index (χ0) is 20.6. The number of nitrogens with zero attached hydrogens (tertiary/aromatic N) is 1. The Balaban J connectivity index is 2.22. The molecule has 1 aliphatic rings. The second-order valence-electron chi connectivity index (χ2n) is 7.53. The molecule has 1 aromatic carbocycles. The molecule has 1 fully saturated rings. The van der Waals surface area contributed by atoms with E-state index >= 15 is 4.39 Å². The van der Waals surface area contributed by atoms with Crippen LogP contribution in [0.5, 0.6) is 0 Å². The molecule has 2 N–H and O–H groups in total. The predicted octanol–water partition coefficient (Wildman–Crippen LogP) is 4.29. The number of halogens is 4. The van der Waals surface area contributed by atoms with Gasteiger partial charge in [-0.3, -0.25) is 4.79 Å². The molecule has 8 heteroatoms. The van der Waals surface area contributed by atoms with Crippen molar-refractivity contribution >= 4 is 18.0 Å². The van der Waals surface area contributed by atoms with Gasteiger partial charge in [-0.2, -0.15) is 0 Å². The van der Waals surface area contributed by atoms with Crippen LogP contribution in [0.2, 0.25) is 5.02 Å². The van der Waals surface area contributed by atoms with Crippen molar-refractivity contribution in [3.63, 3.8) is 0 Å². The highest BCUT2D eigenvalue weighted by atomic mass is 35.5. The van der Waals surface area contributed by atoms with Gasteiger partial charge in [-0.25, -0.2) is 18.2 Å². The molecule has 3 rings (SSSR count). The first-order valence-corrected chi connectivity index (χ1v) is 9.26. The molecule has 0 bridgehead atoms. The number of rotatable bonds is 7. The lowest BCUT2D eigenvalue weighted by Crippen LogP contribution is -2.25. The van der Waals surface area contributed by atoms with E-state index in [4.69, 9.17) is 11.6 Å². The average molecular weight is 413 g/mol. The molecule has 2 aromatic rings. The van der Waals surface area contributed by atoms with Crippen molar-refractivity contribution < 1.29 is 23.1 Å². The summed E-state index contributed by atoms with van der Waals surface area (Å²) in [6.45, 7) is 3.09. The summed E-state index contributed by atoms with van der Waals surface area (Å²) >= 11 is 5.76. The highest BCUT2D eigenvalue weighted by Gasteiger charge is 2.35. The van der Waals surface area contributed by atoms with Crippen LogP contribution in [0.3, 0.4) is 0 Å². The van der Waals surface area contributed by atoms with Crippen molar-refractivity contribution in [3.8, 4) is 11.3 Å². The Labute approximate surface area is 165 Å². The fraction of sp³-hybridized carbons (Fsp3) is 0.400. The van der Waals surface area contributed by atoms with Gasteiger partial charge in [-0.1, -0.05) is 11.6 Å². The summed E-state index contributed by atoms with van der Waals surface area (Å²) in [7, 11) is 0. The van der Waals surface area contributed by atoms with E-state index in [1.54, 1.807) is 0 Å². The molecule has 0 radical (unpaired) electrons. The minimum Gasteiger partial charge on any atom is -0.386 e. The van der Waals surface area contributed by atoms with E-state index in [-0.39, 0.29) is 40.2 Å². The minimum atomic E-state index is -1.57. The number of hydrogen-bond donors (Lipinski definition) is 2. The van der Waals surface area contributed by atoms with Crippen molar-refractivity contribution in [1.82, 2.24) is 10.3 Å². The van der Waals surface area contributed by atoms with Crippen molar-refractivity contribution in [2.75, 3.05) is 6.54 Å². The molecular weight excluding hydrogens is 393 g/mol. The fourth-order valence-corrected chi connectivity index (χ4v) is 3.42. The van der Waals surface area contributed by atoms with Gasteiger partial charge in [-0.05, 0) is 44.7 Å². The molecule has 0 spiro atoms. The predicted molar refractivity (Wildman–Crippen MR) is 99.3 cm³/mol. The van der Waals surface area contributed by atoms with E-state index in [0.29, 0.717) is 18.2 Å². The van der Waals surface area contributed by atoms with Crippen LogP contribution in [0.1, 0.15) is 43.9 Å². The average Bonchev–Trinajstić information content (AvgIpc) is 3.43. The van der Waals surface area contributed by atoms with E-state index < -0.39 is 23.1 Å². The Morgan fingerprint density at radius 3 is 2.54 bits per heavy atom. The quantitative estimate of drug-likeness (QED) is 0.527. The Kier molecular flexibility index (Phi) is 5.68. The van der Waals surface area contributed by atoms with Gasteiger partial charge in [-0.15, -0.1) is 0 Å². The summed E-state index contributed by atoms with van der Waals surface area (Å²) in [5, 5.41) is 12.7. The number of carbonyl (C=O) groups is 1. The van der Waals surface area contributed by atoms with Crippen LogP contribution in [-0.4, -0.2) is 23.0 Å². The van der Waals surface area contributed by atoms with E-state index in [0.717, 1.165) is 18.9 Å². The van der Waals surface area contributed by atoms with E-state index in [9.17, 15) is 18.7 Å². The number of aromatic nitrogens is 1. The summed E-state index contributed by atoms with van der Waals surface area (Å²) in [5.41, 5.74) is -1.86. The van der Waals surface area contributed by atoms with Crippen LogP contribution < -0.4 is 5.32 Å². The standard InChI is InChI=1S/C20H20ClF3N2O2/c1-20(2,28)13-6-17(12(8-25-9-27)10-3-4-10)26-19(18(13)24)11-5-14(21)16(23)7-15(11)22/h5-7,9-10,12,28H,3-4,8H2,1-2H3,(H,25,27). The van der Waals surface area contributed by atoms with Crippen LogP contribution in [-0.2, 0) is 10.4 Å². The van der Waals surface area contributed by atoms with Gasteiger partial charge < -0.3 is 10.4 Å². The Bertz CT molecular complexity index is 911. The fourth-order valence-electron chi connectivity index (χ4n) is 3.25. The molecule has 1 saturated carbocycles. The minimum absolute atomic E-state index is 0.0656. The first-order chi connectivity index (χ1) is 13.1. The van der Waals surface area contributed by atoms with Gasteiger partial charge in [0.1, 0.15) is 17.3 Å². The van der Waals surface area contributed by atoms with Crippen LogP contribution in [0.4, 0.5) is 13.2 Å². The Hall–Kier alpha value is -2.12. The monoisotopic (exact) mass is 412 g/mol. The second-order valence-corrected chi connectivity index (χ2v) is 7.94. The second kappa shape index (κ2) is 7.72. The van der Waals surface area contributed by atoms with E-state index in [2.05, 4.69) is 10.3 Å². The molecule has 28 heavy (non-hydrogen) atoms. The third kappa shape index (κ3) is 4.15.